The van der Waals surface area contributed by atoms with E-state index in [1.54, 1.807) is 24.3 Å². The summed E-state index contributed by atoms with van der Waals surface area (Å²) >= 11 is 0. The number of nitrogens with two attached hydrogens (primary N) is 1. The van der Waals surface area contributed by atoms with Gasteiger partial charge in [-0.3, -0.25) is 9.59 Å². The van der Waals surface area contributed by atoms with E-state index in [1.165, 1.54) is 88.4 Å². The van der Waals surface area contributed by atoms with Gasteiger partial charge in [0.05, 0.1) is 12.6 Å². The number of benzene rings is 1. The number of unbranched alkanes of at least 4 members (excludes halogenated alkanes) is 19. The van der Waals surface area contributed by atoms with Crippen LogP contribution in [0.15, 0.2) is 30.3 Å². The van der Waals surface area contributed by atoms with Gasteiger partial charge in [-0.2, -0.15) is 0 Å². The summed E-state index contributed by atoms with van der Waals surface area (Å²) in [5.41, 5.74) is 7.09. The van der Waals surface area contributed by atoms with E-state index in [9.17, 15) is 29.7 Å². The number of rotatable bonds is 31. The van der Waals surface area contributed by atoms with Gasteiger partial charge in [0.15, 0.2) is 6.23 Å². The van der Waals surface area contributed by atoms with E-state index in [0.29, 0.717) is 18.4 Å². The van der Waals surface area contributed by atoms with Gasteiger partial charge in [-0.25, -0.2) is 9.69 Å². The fourth-order valence-electron chi connectivity index (χ4n) is 7.80. The Morgan fingerprint density at radius 1 is 0.737 bits per heavy atom. The number of carbonyl (C=O) groups is 3. The summed E-state index contributed by atoms with van der Waals surface area (Å²) in [5, 5.41) is 33.2. The molecule has 0 spiro atoms. The lowest BCUT2D eigenvalue weighted by Crippen LogP contribution is -2.71. The van der Waals surface area contributed by atoms with Gasteiger partial charge in [0.2, 0.25) is 11.8 Å². The lowest BCUT2D eigenvalue weighted by molar-refractivity contribution is -0.245. The second-order valence-electron chi connectivity index (χ2n) is 16.8. The van der Waals surface area contributed by atoms with Crippen molar-refractivity contribution in [2.24, 2.45) is 11.7 Å². The van der Waals surface area contributed by atoms with Crippen LogP contribution >= 0.6 is 0 Å². The molecule has 6 atom stereocenters. The first kappa shape index (κ1) is 50.6. The number of aliphatic hydroxyl groups excluding tert-OH is 3. The highest BCUT2D eigenvalue weighted by molar-refractivity contribution is 5.95. The van der Waals surface area contributed by atoms with Crippen molar-refractivity contribution in [2.75, 3.05) is 13.2 Å². The summed E-state index contributed by atoms with van der Waals surface area (Å²) < 4.78 is 11.9. The molecule has 11 heteroatoms. The summed E-state index contributed by atoms with van der Waals surface area (Å²) in [6.07, 6.45) is 17.0. The van der Waals surface area contributed by atoms with Crippen LogP contribution < -0.4 is 5.73 Å². The molecule has 57 heavy (non-hydrogen) atoms. The molecule has 1 fully saturated rings. The molecule has 3 amide bonds. The van der Waals surface area contributed by atoms with E-state index in [4.69, 9.17) is 15.2 Å². The number of amides is 3. The topological polar surface area (TPSA) is 163 Å². The Kier molecular flexibility index (Phi) is 27.0. The number of aliphatic hydroxyl groups is 3. The number of hydrogen-bond donors (Lipinski definition) is 4. The lowest BCUT2D eigenvalue weighted by Gasteiger charge is -2.49. The molecular formula is C46H81N3O8. The SMILES string of the molecule is CCCCCCCCCCCCCCN(C(=O)CCCCCCCCCCC)[C@@H]1O[C@H](CO)[C@@H](O)[C@H](O)[C@H]1N(C(=O)OCc1ccccc1)C(=O)[C@@H](N)CC(C)C. The number of carbonyl (C=O) groups excluding carboxylic acids is 3. The number of hydrogen-bond acceptors (Lipinski definition) is 9. The van der Waals surface area contributed by atoms with Gasteiger partial charge in [0.1, 0.15) is 31.0 Å². The van der Waals surface area contributed by atoms with Crippen LogP contribution in [-0.4, -0.2) is 92.8 Å². The van der Waals surface area contributed by atoms with Crippen LogP contribution in [0.5, 0.6) is 0 Å². The third-order valence-electron chi connectivity index (χ3n) is 11.2. The third kappa shape index (κ3) is 19.4. The van der Waals surface area contributed by atoms with E-state index in [0.717, 1.165) is 43.4 Å². The molecule has 1 aliphatic heterocycles. The van der Waals surface area contributed by atoms with Crippen molar-refractivity contribution in [3.05, 3.63) is 35.9 Å². The largest absolute Gasteiger partial charge is 0.444 e. The average molecular weight is 804 g/mol. The predicted molar refractivity (Wildman–Crippen MR) is 227 cm³/mol. The first-order valence-electron chi connectivity index (χ1n) is 22.8. The lowest BCUT2D eigenvalue weighted by atomic mass is 9.92. The summed E-state index contributed by atoms with van der Waals surface area (Å²) in [4.78, 5) is 44.8. The Labute approximate surface area is 345 Å². The van der Waals surface area contributed by atoms with Crippen molar-refractivity contribution in [2.45, 2.75) is 219 Å². The highest BCUT2D eigenvalue weighted by atomic mass is 16.6. The van der Waals surface area contributed by atoms with Crippen LogP contribution in [-0.2, 0) is 25.7 Å². The summed E-state index contributed by atoms with van der Waals surface area (Å²) in [5.74, 6) is -1.02. The van der Waals surface area contributed by atoms with Gasteiger partial charge in [-0.1, -0.05) is 180 Å². The number of ether oxygens (including phenoxy) is 2. The highest BCUT2D eigenvalue weighted by Gasteiger charge is 2.53. The maximum atomic E-state index is 14.3. The molecule has 0 aromatic heterocycles. The number of nitrogens with zero attached hydrogens (tertiary/aromatic N) is 2. The first-order valence-corrected chi connectivity index (χ1v) is 22.8. The molecule has 1 aromatic carbocycles. The van der Waals surface area contributed by atoms with Gasteiger partial charge in [0.25, 0.3) is 0 Å². The molecule has 0 radical (unpaired) electrons. The summed E-state index contributed by atoms with van der Waals surface area (Å²) in [7, 11) is 0. The summed E-state index contributed by atoms with van der Waals surface area (Å²) in [6, 6.07) is 6.33. The minimum absolute atomic E-state index is 0.0130. The van der Waals surface area contributed by atoms with Crippen LogP contribution in [0.25, 0.3) is 0 Å². The Bertz CT molecular complexity index is 1200. The van der Waals surface area contributed by atoms with E-state index in [2.05, 4.69) is 13.8 Å². The van der Waals surface area contributed by atoms with Crippen molar-refractivity contribution in [3.63, 3.8) is 0 Å². The monoisotopic (exact) mass is 804 g/mol. The maximum Gasteiger partial charge on any atom is 0.417 e. The molecular weight excluding hydrogens is 723 g/mol. The van der Waals surface area contributed by atoms with Crippen LogP contribution in [0.3, 0.4) is 0 Å². The third-order valence-corrected chi connectivity index (χ3v) is 11.2. The fourth-order valence-corrected chi connectivity index (χ4v) is 7.80. The smallest absolute Gasteiger partial charge is 0.417 e. The molecule has 5 N–H and O–H groups in total. The quantitative estimate of drug-likeness (QED) is 0.0538. The van der Waals surface area contributed by atoms with Crippen molar-refractivity contribution in [1.82, 2.24) is 9.80 Å². The molecule has 0 bridgehead atoms. The molecule has 1 aromatic rings. The standard InChI is InChI=1S/C46H81N3O8/c1-5-7-9-11-13-15-16-17-19-21-23-28-32-48(40(51)31-27-22-20-18-14-12-10-8-6-2)45-41(43(53)42(52)39(34-50)57-45)49(44(54)38(47)33-36(3)4)46(55)56-35-37-29-25-24-26-30-37/h24-26,29-30,36,38-39,41-43,45,50,52-53H,5-23,27-28,31-35,47H2,1-4H3/t38-,39+,41+,42+,43+,45+/m0/s1. The predicted octanol–water partition coefficient (Wildman–Crippen LogP) is 8.78. The Morgan fingerprint density at radius 2 is 1.23 bits per heavy atom. The normalized spacial score (nSPS) is 20.1. The molecule has 11 nitrogen and oxygen atoms in total. The van der Waals surface area contributed by atoms with Crippen molar-refractivity contribution in [3.8, 4) is 0 Å². The molecule has 1 saturated heterocycles. The van der Waals surface area contributed by atoms with E-state index >= 15 is 0 Å². The molecule has 0 aliphatic carbocycles. The minimum atomic E-state index is -1.76. The molecule has 0 saturated carbocycles. The van der Waals surface area contributed by atoms with Gasteiger partial charge in [0, 0.05) is 13.0 Å². The Morgan fingerprint density at radius 3 is 1.72 bits per heavy atom. The summed E-state index contributed by atoms with van der Waals surface area (Å²) in [6.45, 7) is 7.72. The zero-order valence-electron chi connectivity index (χ0n) is 36.2. The van der Waals surface area contributed by atoms with Gasteiger partial charge in [-0.15, -0.1) is 0 Å². The van der Waals surface area contributed by atoms with Crippen LogP contribution in [0.4, 0.5) is 4.79 Å². The molecule has 1 heterocycles. The Balaban J connectivity index is 2.32. The highest BCUT2D eigenvalue weighted by Crippen LogP contribution is 2.31. The second kappa shape index (κ2) is 30.5. The van der Waals surface area contributed by atoms with Crippen LogP contribution in [0.2, 0.25) is 0 Å². The molecule has 328 valence electrons. The zero-order chi connectivity index (χ0) is 41.8. The molecule has 0 unspecified atom stereocenters. The van der Waals surface area contributed by atoms with Gasteiger partial charge < -0.3 is 35.4 Å². The van der Waals surface area contributed by atoms with Crippen LogP contribution in [0, 0.1) is 5.92 Å². The fraction of sp³-hybridized carbons (Fsp3) is 0.804. The van der Waals surface area contributed by atoms with Crippen LogP contribution in [0.1, 0.15) is 181 Å². The van der Waals surface area contributed by atoms with Crippen molar-refractivity contribution in [1.29, 1.82) is 0 Å². The average Bonchev–Trinajstić information content (AvgIpc) is 3.20. The van der Waals surface area contributed by atoms with Crippen molar-refractivity contribution >= 4 is 17.9 Å². The van der Waals surface area contributed by atoms with E-state index in [-0.39, 0.29) is 37.8 Å². The number of imide groups is 1. The zero-order valence-corrected chi connectivity index (χ0v) is 36.2. The first-order chi connectivity index (χ1) is 27.6. The van der Waals surface area contributed by atoms with E-state index in [1.807, 2.05) is 19.9 Å². The van der Waals surface area contributed by atoms with Gasteiger partial charge >= 0.3 is 6.09 Å². The molecule has 2 rings (SSSR count). The maximum absolute atomic E-state index is 14.3. The van der Waals surface area contributed by atoms with E-state index < -0.39 is 55.2 Å². The van der Waals surface area contributed by atoms with Crippen molar-refractivity contribution < 1.29 is 39.2 Å². The van der Waals surface area contributed by atoms with Gasteiger partial charge in [-0.05, 0) is 30.7 Å². The second-order valence-corrected chi connectivity index (χ2v) is 16.8. The molecule has 1 aliphatic rings. The minimum Gasteiger partial charge on any atom is -0.444 e. The Hall–Kier alpha value is -2.57.